The summed E-state index contributed by atoms with van der Waals surface area (Å²) in [6.07, 6.45) is 2.11. The Bertz CT molecular complexity index is 411. The van der Waals surface area contributed by atoms with E-state index in [0.29, 0.717) is 11.8 Å². The molecule has 5 heteroatoms. The quantitative estimate of drug-likeness (QED) is 0.822. The van der Waals surface area contributed by atoms with Crippen molar-refractivity contribution < 1.29 is 9.53 Å². The number of anilines is 2. The molecule has 1 aromatic rings. The molecule has 0 atom stereocenters. The molecule has 1 saturated heterocycles. The van der Waals surface area contributed by atoms with Gasteiger partial charge in [0.25, 0.3) is 0 Å². The smallest absolute Gasteiger partial charge is 0.321 e. The molecular weight excluding hydrogens is 242 g/mol. The summed E-state index contributed by atoms with van der Waals surface area (Å²) in [7, 11) is 0. The van der Waals surface area contributed by atoms with Gasteiger partial charge in [0.15, 0.2) is 0 Å². The molecule has 0 bridgehead atoms. The molecule has 1 fully saturated rings. The minimum Gasteiger partial charge on any atom is -0.399 e. The Morgan fingerprint density at radius 1 is 1.37 bits per heavy atom. The third-order valence-electron chi connectivity index (χ3n) is 3.29. The van der Waals surface area contributed by atoms with Gasteiger partial charge in [-0.15, -0.1) is 0 Å². The van der Waals surface area contributed by atoms with Gasteiger partial charge in [0.1, 0.15) is 0 Å². The zero-order valence-corrected chi connectivity index (χ0v) is 11.3. The zero-order valence-electron chi connectivity index (χ0n) is 11.3. The Balaban J connectivity index is 1.83. The van der Waals surface area contributed by atoms with Crippen LogP contribution in [-0.4, -0.2) is 36.7 Å². The summed E-state index contributed by atoms with van der Waals surface area (Å²) in [5.41, 5.74) is 7.07. The molecule has 104 valence electrons. The Kier molecular flexibility index (Phi) is 4.63. The molecule has 2 rings (SSSR count). The third-order valence-corrected chi connectivity index (χ3v) is 3.29. The summed E-state index contributed by atoms with van der Waals surface area (Å²) in [5, 5.41) is 2.88. The first-order valence-electron chi connectivity index (χ1n) is 6.72. The minimum atomic E-state index is -0.0558. The Labute approximate surface area is 113 Å². The largest absolute Gasteiger partial charge is 0.399 e. The maximum absolute atomic E-state index is 12.1. The third kappa shape index (κ3) is 3.86. The van der Waals surface area contributed by atoms with Crippen molar-refractivity contribution in [2.24, 2.45) is 0 Å². The molecule has 0 saturated carbocycles. The number of hydrogen-bond donors (Lipinski definition) is 2. The number of nitrogen functional groups attached to an aromatic ring is 1. The van der Waals surface area contributed by atoms with Crippen LogP contribution in [0.15, 0.2) is 24.3 Å². The van der Waals surface area contributed by atoms with E-state index >= 15 is 0 Å². The van der Waals surface area contributed by atoms with Crippen LogP contribution < -0.4 is 11.1 Å². The number of nitrogens with two attached hydrogens (primary N) is 1. The highest BCUT2D eigenvalue weighted by atomic mass is 16.5. The van der Waals surface area contributed by atoms with E-state index in [1.54, 1.807) is 24.3 Å². The number of rotatable bonds is 3. The molecule has 3 N–H and O–H groups in total. The number of carbonyl (C=O) groups is 1. The SMILES string of the molecule is CCOC1CCN(C(=O)Nc2ccc(N)cc2)CC1. The first kappa shape index (κ1) is 13.7. The van der Waals surface area contributed by atoms with Crippen LogP contribution in [0.1, 0.15) is 19.8 Å². The van der Waals surface area contributed by atoms with Gasteiger partial charge in [-0.1, -0.05) is 0 Å². The van der Waals surface area contributed by atoms with Gasteiger partial charge in [-0.3, -0.25) is 0 Å². The molecule has 0 aliphatic carbocycles. The second kappa shape index (κ2) is 6.43. The van der Waals surface area contributed by atoms with Gasteiger partial charge >= 0.3 is 6.03 Å². The fourth-order valence-corrected chi connectivity index (χ4v) is 2.23. The molecule has 1 heterocycles. The summed E-state index contributed by atoms with van der Waals surface area (Å²) in [6.45, 7) is 4.22. The molecule has 0 spiro atoms. The lowest BCUT2D eigenvalue weighted by Gasteiger charge is -2.31. The van der Waals surface area contributed by atoms with E-state index in [0.717, 1.165) is 38.2 Å². The van der Waals surface area contributed by atoms with Crippen LogP contribution in [0.4, 0.5) is 16.2 Å². The number of piperidine rings is 1. The van der Waals surface area contributed by atoms with E-state index in [4.69, 9.17) is 10.5 Å². The van der Waals surface area contributed by atoms with Crippen LogP contribution in [0.2, 0.25) is 0 Å². The Hall–Kier alpha value is -1.75. The predicted molar refractivity (Wildman–Crippen MR) is 76.1 cm³/mol. The second-order valence-electron chi connectivity index (χ2n) is 4.69. The average molecular weight is 263 g/mol. The van der Waals surface area contributed by atoms with Crippen molar-refractivity contribution in [2.75, 3.05) is 30.7 Å². The van der Waals surface area contributed by atoms with Crippen LogP contribution in [0.25, 0.3) is 0 Å². The summed E-state index contributed by atoms with van der Waals surface area (Å²) in [5.74, 6) is 0. The Morgan fingerprint density at radius 2 is 2.00 bits per heavy atom. The van der Waals surface area contributed by atoms with Gasteiger partial charge in [-0.2, -0.15) is 0 Å². The topological polar surface area (TPSA) is 67.6 Å². The molecule has 0 unspecified atom stereocenters. The number of carbonyl (C=O) groups excluding carboxylic acids is 1. The van der Waals surface area contributed by atoms with Gasteiger partial charge in [-0.25, -0.2) is 4.79 Å². The number of nitrogens with one attached hydrogen (secondary N) is 1. The van der Waals surface area contributed by atoms with Gasteiger partial charge < -0.3 is 20.7 Å². The van der Waals surface area contributed by atoms with Gasteiger partial charge in [0.2, 0.25) is 0 Å². The van der Waals surface area contributed by atoms with Crippen molar-refractivity contribution in [2.45, 2.75) is 25.9 Å². The summed E-state index contributed by atoms with van der Waals surface area (Å²) in [4.78, 5) is 13.9. The van der Waals surface area contributed by atoms with E-state index in [1.807, 2.05) is 11.8 Å². The van der Waals surface area contributed by atoms with E-state index in [1.165, 1.54) is 0 Å². The lowest BCUT2D eigenvalue weighted by atomic mass is 10.1. The summed E-state index contributed by atoms with van der Waals surface area (Å²) >= 11 is 0. The Morgan fingerprint density at radius 3 is 2.58 bits per heavy atom. The van der Waals surface area contributed by atoms with Crippen molar-refractivity contribution in [1.29, 1.82) is 0 Å². The fourth-order valence-electron chi connectivity index (χ4n) is 2.23. The number of likely N-dealkylation sites (tertiary alicyclic amines) is 1. The number of hydrogen-bond acceptors (Lipinski definition) is 3. The lowest BCUT2D eigenvalue weighted by molar-refractivity contribution is 0.0232. The molecule has 19 heavy (non-hydrogen) atoms. The molecule has 5 nitrogen and oxygen atoms in total. The maximum atomic E-state index is 12.1. The summed E-state index contributed by atoms with van der Waals surface area (Å²) < 4.78 is 5.57. The van der Waals surface area contributed by atoms with Crippen molar-refractivity contribution in [3.63, 3.8) is 0 Å². The molecular formula is C14H21N3O2. The van der Waals surface area contributed by atoms with Gasteiger partial charge in [0, 0.05) is 31.1 Å². The van der Waals surface area contributed by atoms with Crippen LogP contribution in [0.5, 0.6) is 0 Å². The number of nitrogens with zero attached hydrogens (tertiary/aromatic N) is 1. The normalized spacial score (nSPS) is 16.4. The minimum absolute atomic E-state index is 0.0558. The van der Waals surface area contributed by atoms with Gasteiger partial charge in [-0.05, 0) is 44.0 Å². The highest BCUT2D eigenvalue weighted by Crippen LogP contribution is 2.16. The van der Waals surface area contributed by atoms with Crippen molar-refractivity contribution in [1.82, 2.24) is 4.90 Å². The first-order chi connectivity index (χ1) is 9.19. The van der Waals surface area contributed by atoms with Crippen LogP contribution in [0, 0.1) is 0 Å². The number of ether oxygens (including phenoxy) is 1. The van der Waals surface area contributed by atoms with E-state index in [-0.39, 0.29) is 6.03 Å². The number of benzene rings is 1. The standard InChI is InChI=1S/C14H21N3O2/c1-2-19-13-7-9-17(10-8-13)14(18)16-12-5-3-11(15)4-6-12/h3-6,13H,2,7-10,15H2,1H3,(H,16,18). The maximum Gasteiger partial charge on any atom is 0.321 e. The predicted octanol–water partition coefficient (Wildman–Crippen LogP) is 2.30. The van der Waals surface area contributed by atoms with Gasteiger partial charge in [0.05, 0.1) is 6.10 Å². The second-order valence-corrected chi connectivity index (χ2v) is 4.69. The molecule has 1 aliphatic rings. The van der Waals surface area contributed by atoms with Crippen molar-refractivity contribution in [3.8, 4) is 0 Å². The number of urea groups is 1. The fraction of sp³-hybridized carbons (Fsp3) is 0.500. The first-order valence-corrected chi connectivity index (χ1v) is 6.72. The van der Waals surface area contributed by atoms with Crippen LogP contribution in [0.3, 0.4) is 0 Å². The average Bonchev–Trinajstić information content (AvgIpc) is 2.42. The highest BCUT2D eigenvalue weighted by molar-refractivity contribution is 5.89. The molecule has 2 amide bonds. The molecule has 1 aromatic carbocycles. The van der Waals surface area contributed by atoms with E-state index in [2.05, 4.69) is 5.32 Å². The molecule has 0 radical (unpaired) electrons. The highest BCUT2D eigenvalue weighted by Gasteiger charge is 2.22. The van der Waals surface area contributed by atoms with E-state index in [9.17, 15) is 4.79 Å². The van der Waals surface area contributed by atoms with Crippen LogP contribution in [-0.2, 0) is 4.74 Å². The van der Waals surface area contributed by atoms with Crippen molar-refractivity contribution >= 4 is 17.4 Å². The van der Waals surface area contributed by atoms with Crippen molar-refractivity contribution in [3.05, 3.63) is 24.3 Å². The van der Waals surface area contributed by atoms with Crippen LogP contribution >= 0.6 is 0 Å². The number of amides is 2. The molecule has 1 aliphatic heterocycles. The summed E-state index contributed by atoms with van der Waals surface area (Å²) in [6, 6.07) is 7.11. The monoisotopic (exact) mass is 263 g/mol. The lowest BCUT2D eigenvalue weighted by Crippen LogP contribution is -2.43. The molecule has 0 aromatic heterocycles. The zero-order chi connectivity index (χ0) is 13.7. The van der Waals surface area contributed by atoms with E-state index < -0.39 is 0 Å².